The third-order valence-electron chi connectivity index (χ3n) is 3.53. The smallest absolute Gasteiger partial charge is 0.313 e. The molecule has 8 heteroatoms. The zero-order valence-corrected chi connectivity index (χ0v) is 15.6. The van der Waals surface area contributed by atoms with Crippen LogP contribution in [0.1, 0.15) is 21.3 Å². The molecule has 0 fully saturated rings. The van der Waals surface area contributed by atoms with E-state index in [4.69, 9.17) is 9.15 Å². The van der Waals surface area contributed by atoms with Crippen LogP contribution in [0, 0.1) is 0 Å². The van der Waals surface area contributed by atoms with E-state index in [9.17, 15) is 9.59 Å². The molecule has 0 aliphatic rings. The molecule has 0 saturated heterocycles. The van der Waals surface area contributed by atoms with E-state index in [1.54, 1.807) is 24.4 Å². The Balaban J connectivity index is 0.00000364. The number of nitrogens with zero attached hydrogens (tertiary/aromatic N) is 2. The monoisotopic (exact) mass is 376 g/mol. The Hall–Kier alpha value is -2.87. The number of methoxy groups -OCH3 is 1. The van der Waals surface area contributed by atoms with Gasteiger partial charge in [0.2, 0.25) is 0 Å². The Bertz CT molecular complexity index is 770. The van der Waals surface area contributed by atoms with E-state index >= 15 is 0 Å². The van der Waals surface area contributed by atoms with E-state index in [2.05, 4.69) is 15.6 Å². The van der Waals surface area contributed by atoms with Gasteiger partial charge in [0.1, 0.15) is 5.75 Å². The fraction of sp³-hybridized carbons (Fsp3) is 0.421. The molecule has 0 unspecified atom stereocenters. The third-order valence-corrected chi connectivity index (χ3v) is 3.53. The van der Waals surface area contributed by atoms with Gasteiger partial charge in [-0.15, -0.1) is 0 Å². The second-order valence-electron chi connectivity index (χ2n) is 6.81. The van der Waals surface area contributed by atoms with E-state index in [1.807, 2.05) is 32.8 Å². The maximum atomic E-state index is 12.2. The zero-order chi connectivity index (χ0) is 19.3. The van der Waals surface area contributed by atoms with Crippen LogP contribution in [0.5, 0.6) is 5.75 Å². The number of hydrogen-bond donors (Lipinski definition) is 2. The van der Waals surface area contributed by atoms with Crippen molar-refractivity contribution in [3.05, 3.63) is 30.8 Å². The van der Waals surface area contributed by atoms with Crippen LogP contribution in [0.3, 0.4) is 0 Å². The van der Waals surface area contributed by atoms with Crippen molar-refractivity contribution in [1.29, 1.82) is 0 Å². The summed E-state index contributed by atoms with van der Waals surface area (Å²) in [6, 6.07) is 5.01. The van der Waals surface area contributed by atoms with Crippen LogP contribution in [-0.4, -0.2) is 55.0 Å². The van der Waals surface area contributed by atoms with Crippen molar-refractivity contribution in [2.45, 2.75) is 26.8 Å². The van der Waals surface area contributed by atoms with E-state index in [1.165, 1.54) is 13.5 Å². The number of rotatable bonds is 6. The molecule has 8 nitrogen and oxygen atoms in total. The number of amides is 2. The van der Waals surface area contributed by atoms with E-state index < -0.39 is 17.4 Å². The minimum atomic E-state index is -0.744. The predicted molar refractivity (Wildman–Crippen MR) is 105 cm³/mol. The van der Waals surface area contributed by atoms with Gasteiger partial charge in [0.05, 0.1) is 18.9 Å². The quantitative estimate of drug-likeness (QED) is 0.752. The van der Waals surface area contributed by atoms with Gasteiger partial charge in [-0.1, -0.05) is 7.43 Å². The van der Waals surface area contributed by atoms with Crippen molar-refractivity contribution >= 4 is 17.5 Å². The van der Waals surface area contributed by atoms with Crippen molar-refractivity contribution in [1.82, 2.24) is 15.2 Å². The number of carbonyl (C=O) groups is 2. The first-order valence-corrected chi connectivity index (χ1v) is 8.07. The largest absolute Gasteiger partial charge is 0.496 e. The molecule has 1 heterocycles. The lowest BCUT2D eigenvalue weighted by Crippen LogP contribution is -2.53. The van der Waals surface area contributed by atoms with Gasteiger partial charge in [-0.2, -0.15) is 0 Å². The predicted octanol–water partition coefficient (Wildman–Crippen LogP) is 2.38. The second-order valence-corrected chi connectivity index (χ2v) is 6.81. The number of anilines is 1. The highest BCUT2D eigenvalue weighted by Gasteiger charge is 2.25. The molecular weight excluding hydrogens is 348 g/mol. The number of oxazole rings is 1. The van der Waals surface area contributed by atoms with Crippen LogP contribution in [0.4, 0.5) is 5.69 Å². The minimum absolute atomic E-state index is 0. The average molecular weight is 376 g/mol. The van der Waals surface area contributed by atoms with Crippen molar-refractivity contribution in [2.75, 3.05) is 33.1 Å². The molecule has 1 aromatic heterocycles. The van der Waals surface area contributed by atoms with Crippen molar-refractivity contribution in [3.8, 4) is 17.1 Å². The fourth-order valence-corrected chi connectivity index (χ4v) is 2.70. The standard InChI is InChI=1S/C18H24N4O4.CH4/c1-18(2,10-22(3)4)21-17(24)16(23)20-12-6-7-13(14(8-12)25-5)15-9-19-11-26-15;/h6-9,11H,10H2,1-5H3,(H,20,23)(H,21,24);1H4. The van der Waals surface area contributed by atoms with Crippen LogP contribution in [0.15, 0.2) is 35.2 Å². The van der Waals surface area contributed by atoms with Crippen LogP contribution >= 0.6 is 0 Å². The van der Waals surface area contributed by atoms with E-state index in [-0.39, 0.29) is 7.43 Å². The Morgan fingerprint density at radius 3 is 2.52 bits per heavy atom. The topological polar surface area (TPSA) is 96.7 Å². The molecule has 27 heavy (non-hydrogen) atoms. The van der Waals surface area contributed by atoms with Crippen molar-refractivity contribution in [2.24, 2.45) is 0 Å². The van der Waals surface area contributed by atoms with Gasteiger partial charge in [0.15, 0.2) is 12.2 Å². The normalized spacial score (nSPS) is 10.9. The lowest BCUT2D eigenvalue weighted by molar-refractivity contribution is -0.137. The summed E-state index contributed by atoms with van der Waals surface area (Å²) in [5.41, 5.74) is 0.599. The van der Waals surface area contributed by atoms with Gasteiger partial charge < -0.3 is 24.7 Å². The maximum Gasteiger partial charge on any atom is 0.313 e. The molecular formula is C19H28N4O4. The molecule has 1 aromatic carbocycles. The average Bonchev–Trinajstić information content (AvgIpc) is 3.07. The summed E-state index contributed by atoms with van der Waals surface area (Å²) < 4.78 is 10.6. The molecule has 0 atom stereocenters. The maximum absolute atomic E-state index is 12.2. The molecule has 2 rings (SSSR count). The molecule has 2 aromatic rings. The Morgan fingerprint density at radius 1 is 1.26 bits per heavy atom. The van der Waals surface area contributed by atoms with Gasteiger partial charge in [-0.05, 0) is 40.1 Å². The van der Waals surface area contributed by atoms with Crippen LogP contribution in [-0.2, 0) is 9.59 Å². The summed E-state index contributed by atoms with van der Waals surface area (Å²) in [6.45, 7) is 4.31. The summed E-state index contributed by atoms with van der Waals surface area (Å²) >= 11 is 0. The fourth-order valence-electron chi connectivity index (χ4n) is 2.70. The van der Waals surface area contributed by atoms with E-state index in [0.29, 0.717) is 29.3 Å². The molecule has 0 bridgehead atoms. The number of carbonyl (C=O) groups excluding carboxylic acids is 2. The summed E-state index contributed by atoms with van der Waals surface area (Å²) in [7, 11) is 5.31. The first-order valence-electron chi connectivity index (χ1n) is 8.07. The zero-order valence-electron chi connectivity index (χ0n) is 15.6. The van der Waals surface area contributed by atoms with Crippen molar-refractivity contribution < 1.29 is 18.7 Å². The minimum Gasteiger partial charge on any atom is -0.496 e. The van der Waals surface area contributed by atoms with Crippen LogP contribution < -0.4 is 15.4 Å². The molecule has 0 aliphatic heterocycles. The third kappa shape index (κ3) is 6.10. The summed E-state index contributed by atoms with van der Waals surface area (Å²) in [6.07, 6.45) is 2.89. The van der Waals surface area contributed by atoms with Crippen molar-refractivity contribution in [3.63, 3.8) is 0 Å². The Kier molecular flexibility index (Phi) is 7.54. The summed E-state index contributed by atoms with van der Waals surface area (Å²) in [5, 5.41) is 5.30. The molecule has 2 amide bonds. The first kappa shape index (κ1) is 22.2. The number of nitrogens with one attached hydrogen (secondary N) is 2. The number of ether oxygens (including phenoxy) is 1. The lowest BCUT2D eigenvalue weighted by atomic mass is 10.1. The highest BCUT2D eigenvalue weighted by molar-refractivity contribution is 6.39. The van der Waals surface area contributed by atoms with E-state index in [0.717, 1.165) is 0 Å². The number of likely N-dealkylation sites (N-methyl/N-ethyl adjacent to an activating group) is 1. The van der Waals surface area contributed by atoms with Gasteiger partial charge in [-0.25, -0.2) is 4.98 Å². The molecule has 2 N–H and O–H groups in total. The second kappa shape index (κ2) is 9.18. The number of benzene rings is 1. The summed E-state index contributed by atoms with van der Waals surface area (Å²) in [5.74, 6) is -0.405. The SMILES string of the molecule is C.COc1cc(NC(=O)C(=O)NC(C)(C)CN(C)C)ccc1-c1cnco1. The summed E-state index contributed by atoms with van der Waals surface area (Å²) in [4.78, 5) is 30.1. The van der Waals surface area contributed by atoms with Crippen LogP contribution in [0.2, 0.25) is 0 Å². The Labute approximate surface area is 159 Å². The molecule has 0 saturated carbocycles. The Morgan fingerprint density at radius 2 is 1.96 bits per heavy atom. The van der Waals surface area contributed by atoms with Gasteiger partial charge in [0, 0.05) is 23.8 Å². The van der Waals surface area contributed by atoms with Gasteiger partial charge in [-0.3, -0.25) is 9.59 Å². The molecule has 0 aliphatic carbocycles. The number of hydrogen-bond acceptors (Lipinski definition) is 6. The van der Waals surface area contributed by atoms with Gasteiger partial charge in [0.25, 0.3) is 0 Å². The molecule has 0 spiro atoms. The highest BCUT2D eigenvalue weighted by Crippen LogP contribution is 2.32. The molecule has 0 radical (unpaired) electrons. The molecule has 148 valence electrons. The highest BCUT2D eigenvalue weighted by atomic mass is 16.5. The lowest BCUT2D eigenvalue weighted by Gasteiger charge is -2.29. The van der Waals surface area contributed by atoms with Crippen LogP contribution in [0.25, 0.3) is 11.3 Å². The van der Waals surface area contributed by atoms with Gasteiger partial charge >= 0.3 is 11.8 Å². The first-order chi connectivity index (χ1) is 12.2. The number of aromatic nitrogens is 1.